The molecule has 5 aliphatic rings. The van der Waals surface area contributed by atoms with E-state index in [9.17, 15) is 0 Å². The monoisotopic (exact) mass is 511 g/mol. The fourth-order valence-corrected chi connectivity index (χ4v) is 5.24. The van der Waals surface area contributed by atoms with Crippen LogP contribution in [0.25, 0.3) is 0 Å². The predicted octanol–water partition coefficient (Wildman–Crippen LogP) is 3.73. The summed E-state index contributed by atoms with van der Waals surface area (Å²) in [6, 6.07) is 18.0. The lowest BCUT2D eigenvalue weighted by Crippen LogP contribution is -2.54. The van der Waals surface area contributed by atoms with Gasteiger partial charge in [-0.05, 0) is 42.5 Å². The average Bonchev–Trinajstić information content (AvgIpc) is 3.68. The first-order valence-corrected chi connectivity index (χ1v) is 14.0. The molecule has 0 amide bonds. The maximum absolute atomic E-state index is 4.16. The normalized spacial score (nSPS) is 21.6. The van der Waals surface area contributed by atoms with Gasteiger partial charge in [-0.15, -0.1) is 0 Å². The van der Waals surface area contributed by atoms with Crippen molar-refractivity contribution in [1.82, 2.24) is 25.5 Å². The van der Waals surface area contributed by atoms with Gasteiger partial charge < -0.3 is 31.2 Å². The van der Waals surface area contributed by atoms with Crippen LogP contribution < -0.4 is 26.6 Å². The second kappa shape index (κ2) is 14.0. The van der Waals surface area contributed by atoms with Gasteiger partial charge in [0, 0.05) is 75.1 Å². The Balaban J connectivity index is 0.000000103. The van der Waals surface area contributed by atoms with Crippen LogP contribution >= 0.6 is 0 Å². The Bertz CT molecular complexity index is 1110. The summed E-state index contributed by atoms with van der Waals surface area (Å²) in [5, 5.41) is 16.7. The molecule has 1 aliphatic carbocycles. The summed E-state index contributed by atoms with van der Waals surface area (Å²) in [5.74, 6) is 1.15. The molecule has 0 saturated carbocycles. The minimum Gasteiger partial charge on any atom is -0.385 e. The van der Waals surface area contributed by atoms with Crippen LogP contribution in [0.1, 0.15) is 23.4 Å². The average molecular weight is 512 g/mol. The molecular weight excluding hydrogens is 470 g/mol. The highest BCUT2D eigenvalue weighted by Gasteiger charge is 2.20. The molecule has 1 fully saturated rings. The summed E-state index contributed by atoms with van der Waals surface area (Å²) < 4.78 is 2.18. The van der Waals surface area contributed by atoms with Crippen LogP contribution in [0.15, 0.2) is 85.2 Å². The first kappa shape index (κ1) is 26.2. The number of benzene rings is 2. The van der Waals surface area contributed by atoms with E-state index in [-0.39, 0.29) is 0 Å². The Morgan fingerprint density at radius 3 is 2.05 bits per heavy atom. The molecule has 2 aromatic carbocycles. The van der Waals surface area contributed by atoms with Crippen LogP contribution in [0.3, 0.4) is 0 Å². The van der Waals surface area contributed by atoms with Gasteiger partial charge >= 0.3 is 0 Å². The van der Waals surface area contributed by atoms with Crippen molar-refractivity contribution in [2.45, 2.75) is 44.4 Å². The molecule has 0 spiro atoms. The zero-order chi connectivity index (χ0) is 25.8. The van der Waals surface area contributed by atoms with E-state index in [0.29, 0.717) is 12.1 Å². The molecule has 7 heteroatoms. The van der Waals surface area contributed by atoms with E-state index < -0.39 is 0 Å². The van der Waals surface area contributed by atoms with Crippen molar-refractivity contribution in [3.63, 3.8) is 0 Å². The van der Waals surface area contributed by atoms with Crippen LogP contribution in [-0.2, 0) is 25.9 Å². The minimum absolute atomic E-state index is 0.527. The van der Waals surface area contributed by atoms with Gasteiger partial charge in [0.15, 0.2) is 0 Å². The number of aryl methyl sites for hydroxylation is 1. The fraction of sp³-hybridized carbons (Fsp3) is 0.387. The standard InChI is InChI=1S/C9H11N.C8H12N2.C8H9N.C6H9N3/c1-2-6-9-8(4-1)5-3-7-10-9;1-2-4-8-7(3-1)9-5-6-10-8;1-2-4-8-7(3-1)5-6-9-8;1-3-9-4-2-8-6(9)5-7-1/h1-2,4,6,10H,3,5,7H2;1-4,7-10H,5-6H2;1-4,9H,5-6H2;2,4,7H,1,3,5H2. The number of hydrogen-bond acceptors (Lipinski definition) is 6. The van der Waals surface area contributed by atoms with Gasteiger partial charge in [0.1, 0.15) is 5.82 Å². The van der Waals surface area contributed by atoms with Crippen molar-refractivity contribution < 1.29 is 0 Å². The predicted molar refractivity (Wildman–Crippen MR) is 158 cm³/mol. The molecule has 200 valence electrons. The third-order valence-corrected chi connectivity index (χ3v) is 7.32. The van der Waals surface area contributed by atoms with E-state index in [1.54, 1.807) is 0 Å². The van der Waals surface area contributed by atoms with Gasteiger partial charge in [-0.2, -0.15) is 0 Å². The highest BCUT2D eigenvalue weighted by atomic mass is 15.1. The van der Waals surface area contributed by atoms with Crippen molar-refractivity contribution in [2.75, 3.05) is 43.4 Å². The van der Waals surface area contributed by atoms with Crippen molar-refractivity contribution in [3.8, 4) is 0 Å². The number of allylic oxidation sites excluding steroid dienone is 2. The lowest BCUT2D eigenvalue weighted by Gasteiger charge is -2.31. The molecule has 0 bridgehead atoms. The van der Waals surface area contributed by atoms with E-state index in [1.165, 1.54) is 41.8 Å². The van der Waals surface area contributed by atoms with E-state index in [1.807, 2.05) is 12.4 Å². The van der Waals surface area contributed by atoms with E-state index in [4.69, 9.17) is 0 Å². The van der Waals surface area contributed by atoms with Crippen molar-refractivity contribution >= 4 is 11.4 Å². The summed E-state index contributed by atoms with van der Waals surface area (Å²) >= 11 is 0. The number of nitrogens with zero attached hydrogens (tertiary/aromatic N) is 2. The van der Waals surface area contributed by atoms with Crippen LogP contribution in [0.4, 0.5) is 11.4 Å². The zero-order valence-electron chi connectivity index (χ0n) is 22.2. The van der Waals surface area contributed by atoms with Crippen LogP contribution in [0.2, 0.25) is 0 Å². The van der Waals surface area contributed by atoms with Crippen molar-refractivity contribution in [1.29, 1.82) is 0 Å². The third kappa shape index (κ3) is 7.34. The lowest BCUT2D eigenvalue weighted by molar-refractivity contribution is 0.407. The van der Waals surface area contributed by atoms with Gasteiger partial charge in [-0.3, -0.25) is 0 Å². The number of rotatable bonds is 0. The largest absolute Gasteiger partial charge is 0.385 e. The topological polar surface area (TPSA) is 78.0 Å². The lowest BCUT2D eigenvalue weighted by atomic mass is 10.0. The summed E-state index contributed by atoms with van der Waals surface area (Å²) in [6.07, 6.45) is 16.2. The Hall–Kier alpha value is -3.39. The van der Waals surface area contributed by atoms with Gasteiger partial charge in [-0.25, -0.2) is 4.98 Å². The minimum atomic E-state index is 0.527. The molecule has 2 atom stereocenters. The number of piperazine rings is 1. The second-order valence-corrected chi connectivity index (χ2v) is 9.96. The molecule has 5 N–H and O–H groups in total. The van der Waals surface area contributed by atoms with Gasteiger partial charge in [-0.1, -0.05) is 60.7 Å². The van der Waals surface area contributed by atoms with Crippen LogP contribution in [-0.4, -0.2) is 54.4 Å². The molecule has 7 nitrogen and oxygen atoms in total. The zero-order valence-corrected chi connectivity index (χ0v) is 22.2. The summed E-state index contributed by atoms with van der Waals surface area (Å²) in [4.78, 5) is 4.16. The molecule has 3 aromatic rings. The van der Waals surface area contributed by atoms with Gasteiger partial charge in [0.25, 0.3) is 0 Å². The molecule has 4 aliphatic heterocycles. The Morgan fingerprint density at radius 1 is 0.711 bits per heavy atom. The SMILES string of the molecule is C1=CC2NCCNC2C=C1.c1ccc2c(c1)CCCN2.c1ccc2c(c1)CCN2.c1cn2c(n1)CNCC2. The molecule has 5 heterocycles. The summed E-state index contributed by atoms with van der Waals surface area (Å²) in [7, 11) is 0. The van der Waals surface area contributed by atoms with Crippen molar-refractivity contribution in [2.24, 2.45) is 0 Å². The molecule has 8 rings (SSSR count). The Morgan fingerprint density at radius 2 is 1.37 bits per heavy atom. The van der Waals surface area contributed by atoms with Crippen molar-refractivity contribution in [3.05, 3.63) is 102 Å². The molecule has 1 saturated heterocycles. The highest BCUT2D eigenvalue weighted by Crippen LogP contribution is 2.20. The fourth-order valence-electron chi connectivity index (χ4n) is 5.24. The first-order chi connectivity index (χ1) is 18.9. The van der Waals surface area contributed by atoms with Crippen LogP contribution in [0, 0.1) is 0 Å². The number of hydrogen-bond donors (Lipinski definition) is 5. The second-order valence-electron chi connectivity index (χ2n) is 9.96. The third-order valence-electron chi connectivity index (χ3n) is 7.32. The highest BCUT2D eigenvalue weighted by molar-refractivity contribution is 5.55. The summed E-state index contributed by atoms with van der Waals surface area (Å²) in [5.41, 5.74) is 5.57. The quantitative estimate of drug-likeness (QED) is 0.317. The maximum Gasteiger partial charge on any atom is 0.122 e. The molecule has 38 heavy (non-hydrogen) atoms. The van der Waals surface area contributed by atoms with Gasteiger partial charge in [0.05, 0.1) is 6.54 Å². The molecular formula is C31H41N7. The summed E-state index contributed by atoms with van der Waals surface area (Å²) in [6.45, 7) is 7.47. The van der Waals surface area contributed by atoms with E-state index >= 15 is 0 Å². The number of aromatic nitrogens is 2. The van der Waals surface area contributed by atoms with E-state index in [0.717, 1.165) is 51.6 Å². The molecule has 0 radical (unpaired) electrons. The maximum atomic E-state index is 4.16. The Kier molecular flexibility index (Phi) is 9.63. The molecule has 1 aromatic heterocycles. The van der Waals surface area contributed by atoms with Gasteiger partial charge in [0.2, 0.25) is 0 Å². The first-order valence-electron chi connectivity index (χ1n) is 14.0. The number of imidazole rings is 1. The number of para-hydroxylation sites is 2. The number of fused-ring (bicyclic) bond motifs is 4. The van der Waals surface area contributed by atoms with Crippen LogP contribution in [0.5, 0.6) is 0 Å². The molecule has 2 unspecified atom stereocenters. The Labute approximate surface area is 226 Å². The number of nitrogens with one attached hydrogen (secondary N) is 5. The van der Waals surface area contributed by atoms with E-state index in [2.05, 4.69) is 109 Å². The smallest absolute Gasteiger partial charge is 0.122 e. The number of anilines is 2.